The number of alkyl halides is 3. The van der Waals surface area contributed by atoms with Gasteiger partial charge in [-0.25, -0.2) is 0 Å². The third-order valence-electron chi connectivity index (χ3n) is 4.22. The summed E-state index contributed by atoms with van der Waals surface area (Å²) < 4.78 is 43.0. The predicted octanol–water partition coefficient (Wildman–Crippen LogP) is 1.48. The number of pyridine rings is 1. The molecule has 1 amide bonds. The first kappa shape index (κ1) is 19.5. The molecule has 0 spiro atoms. The number of hydrogen-bond acceptors (Lipinski definition) is 4. The second kappa shape index (κ2) is 8.01. The molecule has 2 heterocycles. The number of carbonyl (C=O) groups excluding carboxylic acids is 1. The maximum Gasteiger partial charge on any atom is 0.431 e. The molecule has 2 rings (SSSR count). The Bertz CT molecular complexity index is 652. The van der Waals surface area contributed by atoms with E-state index in [4.69, 9.17) is 4.74 Å². The molecular formula is C16H22F3N3O3. The molecule has 1 atom stereocenters. The fourth-order valence-corrected chi connectivity index (χ4v) is 2.81. The molecule has 0 bridgehead atoms. The van der Waals surface area contributed by atoms with Gasteiger partial charge in [0.1, 0.15) is 11.3 Å². The number of nitrogens with zero attached hydrogens (tertiary/aromatic N) is 1. The van der Waals surface area contributed by atoms with Crippen LogP contribution in [-0.4, -0.2) is 54.7 Å². The maximum atomic E-state index is 12.6. The summed E-state index contributed by atoms with van der Waals surface area (Å²) >= 11 is 0. The summed E-state index contributed by atoms with van der Waals surface area (Å²) in [6, 6.07) is 1.65. The lowest BCUT2D eigenvalue weighted by molar-refractivity contribution is -0.141. The van der Waals surface area contributed by atoms with Crippen molar-refractivity contribution < 1.29 is 22.7 Å². The number of aromatic nitrogens is 1. The summed E-state index contributed by atoms with van der Waals surface area (Å²) in [6.07, 6.45) is -4.66. The molecule has 25 heavy (non-hydrogen) atoms. The number of halogens is 3. The summed E-state index contributed by atoms with van der Waals surface area (Å²) in [5, 5.41) is 2.65. The van der Waals surface area contributed by atoms with Crippen LogP contribution in [0.3, 0.4) is 0 Å². The van der Waals surface area contributed by atoms with Crippen molar-refractivity contribution >= 4 is 5.91 Å². The smallest absolute Gasteiger partial charge is 0.379 e. The molecule has 1 aliphatic rings. The molecule has 9 heteroatoms. The zero-order valence-electron chi connectivity index (χ0n) is 14.2. The molecule has 1 saturated heterocycles. The van der Waals surface area contributed by atoms with Crippen molar-refractivity contribution in [1.82, 2.24) is 15.2 Å². The van der Waals surface area contributed by atoms with Crippen LogP contribution in [0.1, 0.15) is 29.9 Å². The van der Waals surface area contributed by atoms with Gasteiger partial charge in [-0.2, -0.15) is 13.2 Å². The van der Waals surface area contributed by atoms with Crippen LogP contribution in [0, 0.1) is 5.92 Å². The van der Waals surface area contributed by atoms with E-state index in [0.717, 1.165) is 19.2 Å². The Morgan fingerprint density at radius 1 is 1.32 bits per heavy atom. The van der Waals surface area contributed by atoms with Crippen molar-refractivity contribution in [2.24, 2.45) is 5.92 Å². The second-order valence-corrected chi connectivity index (χ2v) is 6.28. The number of ether oxygens (including phenoxy) is 1. The first-order chi connectivity index (χ1) is 11.7. The van der Waals surface area contributed by atoms with Gasteiger partial charge in [-0.05, 0) is 18.1 Å². The number of morpholine rings is 1. The molecule has 1 aromatic heterocycles. The zero-order valence-corrected chi connectivity index (χ0v) is 14.2. The van der Waals surface area contributed by atoms with E-state index in [1.807, 2.05) is 13.8 Å². The minimum absolute atomic E-state index is 0.0568. The molecule has 0 aromatic carbocycles. The quantitative estimate of drug-likeness (QED) is 0.833. The number of H-pyrrole nitrogens is 1. The second-order valence-electron chi connectivity index (χ2n) is 6.28. The van der Waals surface area contributed by atoms with Crippen LogP contribution in [0.15, 0.2) is 16.9 Å². The highest BCUT2D eigenvalue weighted by atomic mass is 19.4. The van der Waals surface area contributed by atoms with Gasteiger partial charge in [-0.15, -0.1) is 0 Å². The number of rotatable bonds is 5. The van der Waals surface area contributed by atoms with Crippen molar-refractivity contribution in [3.63, 3.8) is 0 Å². The van der Waals surface area contributed by atoms with E-state index in [1.165, 1.54) is 0 Å². The predicted molar refractivity (Wildman–Crippen MR) is 85.4 cm³/mol. The molecule has 0 saturated carbocycles. The van der Waals surface area contributed by atoms with Gasteiger partial charge in [-0.1, -0.05) is 13.8 Å². The minimum atomic E-state index is -4.66. The van der Waals surface area contributed by atoms with E-state index >= 15 is 0 Å². The molecular weight excluding hydrogens is 339 g/mol. The van der Waals surface area contributed by atoms with Gasteiger partial charge in [0.25, 0.3) is 11.5 Å². The summed E-state index contributed by atoms with van der Waals surface area (Å²) in [5.74, 6) is -0.432. The lowest BCUT2D eigenvalue weighted by Gasteiger charge is -2.36. The number of amides is 1. The standard InChI is InChI=1S/C16H22F3N3O3/c1-10(2)12(22-5-7-25-8-6-22)9-20-14(23)11-3-4-13(16(17,18)19)21-15(11)24/h3-4,10,12H,5-9H2,1-2H3,(H,20,23)(H,21,24). The van der Waals surface area contributed by atoms with Gasteiger partial charge < -0.3 is 15.0 Å². The van der Waals surface area contributed by atoms with E-state index in [-0.39, 0.29) is 17.5 Å². The molecule has 1 aliphatic heterocycles. The molecule has 0 radical (unpaired) electrons. The van der Waals surface area contributed by atoms with Gasteiger partial charge in [0, 0.05) is 25.7 Å². The average molecular weight is 361 g/mol. The lowest BCUT2D eigenvalue weighted by Crippen LogP contribution is -2.51. The first-order valence-corrected chi connectivity index (χ1v) is 8.10. The third kappa shape index (κ3) is 5.05. The molecule has 1 fully saturated rings. The van der Waals surface area contributed by atoms with Crippen LogP contribution >= 0.6 is 0 Å². The Morgan fingerprint density at radius 3 is 2.48 bits per heavy atom. The highest BCUT2D eigenvalue weighted by Gasteiger charge is 2.32. The first-order valence-electron chi connectivity index (χ1n) is 8.10. The van der Waals surface area contributed by atoms with Crippen LogP contribution in [0.5, 0.6) is 0 Å². The van der Waals surface area contributed by atoms with Gasteiger partial charge >= 0.3 is 6.18 Å². The van der Waals surface area contributed by atoms with Crippen molar-refractivity contribution in [3.05, 3.63) is 33.7 Å². The molecule has 1 aromatic rings. The van der Waals surface area contributed by atoms with E-state index in [9.17, 15) is 22.8 Å². The highest BCUT2D eigenvalue weighted by molar-refractivity contribution is 5.93. The molecule has 140 valence electrons. The van der Waals surface area contributed by atoms with Gasteiger partial charge in [-0.3, -0.25) is 14.5 Å². The van der Waals surface area contributed by atoms with Gasteiger partial charge in [0.2, 0.25) is 0 Å². The fourth-order valence-electron chi connectivity index (χ4n) is 2.81. The number of hydrogen-bond donors (Lipinski definition) is 2. The SMILES string of the molecule is CC(C)C(CNC(=O)c1ccc(C(F)(F)F)[nH]c1=O)N1CCOCC1. The van der Waals surface area contributed by atoms with Crippen LogP contribution in [-0.2, 0) is 10.9 Å². The summed E-state index contributed by atoms with van der Waals surface area (Å²) in [6.45, 7) is 7.09. The fraction of sp³-hybridized carbons (Fsp3) is 0.625. The van der Waals surface area contributed by atoms with Gasteiger partial charge in [0.15, 0.2) is 0 Å². The minimum Gasteiger partial charge on any atom is -0.379 e. The molecule has 0 aliphatic carbocycles. The molecule has 6 nitrogen and oxygen atoms in total. The largest absolute Gasteiger partial charge is 0.431 e. The Hall–Kier alpha value is -1.87. The van der Waals surface area contributed by atoms with Crippen LogP contribution in [0.4, 0.5) is 13.2 Å². The Morgan fingerprint density at radius 2 is 1.96 bits per heavy atom. The maximum absolute atomic E-state index is 12.6. The Labute approximate surface area is 143 Å². The normalized spacial score (nSPS) is 17.5. The van der Waals surface area contributed by atoms with E-state index < -0.39 is 23.3 Å². The van der Waals surface area contributed by atoms with Crippen molar-refractivity contribution in [3.8, 4) is 0 Å². The van der Waals surface area contributed by atoms with Crippen LogP contribution in [0.2, 0.25) is 0 Å². The number of carbonyl (C=O) groups is 1. The highest BCUT2D eigenvalue weighted by Crippen LogP contribution is 2.26. The van der Waals surface area contributed by atoms with Crippen molar-refractivity contribution in [1.29, 1.82) is 0 Å². The van der Waals surface area contributed by atoms with Crippen LogP contribution in [0.25, 0.3) is 0 Å². The number of nitrogens with one attached hydrogen (secondary N) is 2. The topological polar surface area (TPSA) is 74.4 Å². The van der Waals surface area contributed by atoms with Gasteiger partial charge in [0.05, 0.1) is 13.2 Å². The average Bonchev–Trinajstić information content (AvgIpc) is 2.54. The van der Waals surface area contributed by atoms with E-state index in [1.54, 1.807) is 4.98 Å². The molecule has 1 unspecified atom stereocenters. The lowest BCUT2D eigenvalue weighted by atomic mass is 10.0. The monoisotopic (exact) mass is 361 g/mol. The van der Waals surface area contributed by atoms with Crippen LogP contribution < -0.4 is 10.9 Å². The zero-order chi connectivity index (χ0) is 18.6. The van der Waals surface area contributed by atoms with Crippen molar-refractivity contribution in [2.45, 2.75) is 26.1 Å². The van der Waals surface area contributed by atoms with Crippen molar-refractivity contribution in [2.75, 3.05) is 32.8 Å². The molecule has 2 N–H and O–H groups in total. The number of aromatic amines is 1. The summed E-state index contributed by atoms with van der Waals surface area (Å²) in [4.78, 5) is 27.8. The Kier molecular flexibility index (Phi) is 6.23. The summed E-state index contributed by atoms with van der Waals surface area (Å²) in [5.41, 5.74) is -2.57. The Balaban J connectivity index is 2.04. The summed E-state index contributed by atoms with van der Waals surface area (Å²) in [7, 11) is 0. The van der Waals surface area contributed by atoms with E-state index in [0.29, 0.717) is 25.8 Å². The van der Waals surface area contributed by atoms with E-state index in [2.05, 4.69) is 10.2 Å². The third-order valence-corrected chi connectivity index (χ3v) is 4.22.